The number of amides is 1. The van der Waals surface area contributed by atoms with Crippen molar-refractivity contribution in [3.8, 4) is 0 Å². The number of β-amino-alcohol motifs (C(OH)–C–C–N with tert-alkyl or cyclic N) is 1. The fraction of sp³-hybridized carbons (Fsp3) is 0.500. The summed E-state index contributed by atoms with van der Waals surface area (Å²) in [5, 5.41) is 15.3. The normalized spacial score (nSPS) is 19.4. The molecule has 1 saturated heterocycles. The second-order valence-corrected chi connectivity index (χ2v) is 6.52. The summed E-state index contributed by atoms with van der Waals surface area (Å²) in [6.07, 6.45) is 0.380. The molecule has 1 fully saturated rings. The summed E-state index contributed by atoms with van der Waals surface area (Å²) in [4.78, 5) is 23.1. The molecule has 2 rings (SSSR count). The van der Waals surface area contributed by atoms with Crippen molar-refractivity contribution in [1.82, 2.24) is 5.32 Å². The van der Waals surface area contributed by atoms with Crippen LogP contribution in [0.15, 0.2) is 24.3 Å². The lowest BCUT2D eigenvalue weighted by atomic mass is 10.1. The molecule has 1 aromatic rings. The lowest BCUT2D eigenvalue weighted by molar-refractivity contribution is -0.140. The van der Waals surface area contributed by atoms with E-state index in [1.165, 1.54) is 7.11 Å². The molecule has 0 saturated carbocycles. The van der Waals surface area contributed by atoms with E-state index in [-0.39, 0.29) is 30.3 Å². The molecule has 0 aliphatic carbocycles. The smallest absolute Gasteiger partial charge is 0.306 e. The van der Waals surface area contributed by atoms with Crippen molar-refractivity contribution in [3.05, 3.63) is 29.8 Å². The maximum atomic E-state index is 12.1. The molecule has 3 N–H and O–H groups in total. The number of methoxy groups -OCH3 is 1. The Bertz CT molecular complexity index is 559. The summed E-state index contributed by atoms with van der Waals surface area (Å²) in [5.74, 6) is 1.13. The lowest BCUT2D eigenvalue weighted by Crippen LogP contribution is -2.35. The molecule has 24 heavy (non-hydrogen) atoms. The Morgan fingerprint density at radius 1 is 1.46 bits per heavy atom. The first-order valence-electron chi connectivity index (χ1n) is 7.54. The van der Waals surface area contributed by atoms with E-state index < -0.39 is 6.10 Å². The van der Waals surface area contributed by atoms with Crippen LogP contribution in [0.25, 0.3) is 0 Å². The third-order valence-corrected chi connectivity index (χ3v) is 4.60. The quantitative estimate of drug-likeness (QED) is 0.496. The molecule has 1 aliphatic rings. The van der Waals surface area contributed by atoms with Crippen LogP contribution in [-0.4, -0.2) is 48.5 Å². The van der Waals surface area contributed by atoms with Crippen LogP contribution in [0.1, 0.15) is 18.4 Å². The number of hydrogen-bond donors (Lipinski definition) is 3. The van der Waals surface area contributed by atoms with E-state index in [4.69, 9.17) is 0 Å². The fourth-order valence-electron chi connectivity index (χ4n) is 2.33. The van der Waals surface area contributed by atoms with E-state index in [0.29, 0.717) is 25.1 Å². The van der Waals surface area contributed by atoms with Crippen molar-refractivity contribution in [2.24, 2.45) is 0 Å². The predicted octanol–water partition coefficient (Wildman–Crippen LogP) is 1.57. The summed E-state index contributed by atoms with van der Waals surface area (Å²) < 4.78 is 4.60. The second-order valence-electron chi connectivity index (χ2n) is 5.42. The van der Waals surface area contributed by atoms with Gasteiger partial charge in [-0.05, 0) is 24.1 Å². The Morgan fingerprint density at radius 3 is 2.92 bits per heavy atom. The van der Waals surface area contributed by atoms with E-state index in [2.05, 4.69) is 15.4 Å². The van der Waals surface area contributed by atoms with Crippen LogP contribution in [0.2, 0.25) is 0 Å². The highest BCUT2D eigenvalue weighted by Crippen LogP contribution is 2.18. The molecule has 0 aromatic heterocycles. The number of aliphatic hydroxyl groups is 1. The van der Waals surface area contributed by atoms with Crippen LogP contribution in [0.3, 0.4) is 0 Å². The van der Waals surface area contributed by atoms with Gasteiger partial charge < -0.3 is 20.5 Å². The minimum absolute atomic E-state index is 0. The molecule has 8 heteroatoms. The standard InChI is InChI=1S/C16H22N2O4S.ClH/c1-22-15(20)5-6-23-10-11-3-2-4-12(7-11)18-16(21)14-8-13(19)9-17-14;/h2-4,7,13-14,17,19H,5-6,8-10H2,1H3,(H,18,21);1H. The highest BCUT2D eigenvalue weighted by Gasteiger charge is 2.27. The molecular formula is C16H23ClN2O4S. The molecule has 0 radical (unpaired) electrons. The molecule has 134 valence electrons. The number of benzene rings is 1. The van der Waals surface area contributed by atoms with Crippen molar-refractivity contribution in [2.75, 3.05) is 24.7 Å². The van der Waals surface area contributed by atoms with Crippen molar-refractivity contribution in [3.63, 3.8) is 0 Å². The lowest BCUT2D eigenvalue weighted by Gasteiger charge is -2.12. The van der Waals surface area contributed by atoms with Crippen LogP contribution >= 0.6 is 24.2 Å². The number of aliphatic hydroxyl groups excluding tert-OH is 1. The summed E-state index contributed by atoms with van der Waals surface area (Å²) in [6, 6.07) is 7.30. The summed E-state index contributed by atoms with van der Waals surface area (Å²) in [7, 11) is 1.39. The molecule has 0 spiro atoms. The van der Waals surface area contributed by atoms with E-state index in [1.54, 1.807) is 11.8 Å². The number of anilines is 1. The minimum atomic E-state index is -0.455. The number of nitrogens with one attached hydrogen (secondary N) is 2. The number of hydrogen-bond acceptors (Lipinski definition) is 6. The summed E-state index contributed by atoms with van der Waals surface area (Å²) in [6.45, 7) is 0.453. The average molecular weight is 375 g/mol. The maximum absolute atomic E-state index is 12.1. The maximum Gasteiger partial charge on any atom is 0.306 e. The molecule has 2 unspecified atom stereocenters. The summed E-state index contributed by atoms with van der Waals surface area (Å²) >= 11 is 1.64. The fourth-order valence-corrected chi connectivity index (χ4v) is 3.20. The molecule has 1 aliphatic heterocycles. The SMILES string of the molecule is COC(=O)CCSCc1cccc(NC(=O)C2CC(O)CN2)c1.Cl. The molecule has 1 amide bonds. The molecule has 2 atom stereocenters. The van der Waals surface area contributed by atoms with Crippen LogP contribution in [-0.2, 0) is 20.1 Å². The first-order valence-corrected chi connectivity index (χ1v) is 8.69. The number of esters is 1. The number of carbonyl (C=O) groups is 2. The average Bonchev–Trinajstić information content (AvgIpc) is 2.98. The van der Waals surface area contributed by atoms with Crippen LogP contribution < -0.4 is 10.6 Å². The molecule has 1 heterocycles. The second kappa shape index (κ2) is 10.6. The van der Waals surface area contributed by atoms with Gasteiger partial charge in [-0.3, -0.25) is 9.59 Å². The molecular weight excluding hydrogens is 352 g/mol. The Morgan fingerprint density at radius 2 is 2.25 bits per heavy atom. The van der Waals surface area contributed by atoms with Crippen LogP contribution in [0, 0.1) is 0 Å². The molecule has 1 aromatic carbocycles. The Balaban J connectivity index is 0.00000288. The van der Waals surface area contributed by atoms with Crippen molar-refractivity contribution in [1.29, 1.82) is 0 Å². The Labute approximate surface area is 152 Å². The topological polar surface area (TPSA) is 87.7 Å². The van der Waals surface area contributed by atoms with Crippen LogP contribution in [0.4, 0.5) is 5.69 Å². The number of halogens is 1. The van der Waals surface area contributed by atoms with Gasteiger partial charge >= 0.3 is 5.97 Å². The predicted molar refractivity (Wildman–Crippen MR) is 97.5 cm³/mol. The van der Waals surface area contributed by atoms with Crippen molar-refractivity contribution >= 4 is 41.7 Å². The Kier molecular flexibility index (Phi) is 9.13. The first kappa shape index (κ1) is 20.8. The third kappa shape index (κ3) is 6.68. The monoisotopic (exact) mass is 374 g/mol. The van der Waals surface area contributed by atoms with Crippen molar-refractivity contribution < 1.29 is 19.4 Å². The van der Waals surface area contributed by atoms with Gasteiger partial charge in [-0.25, -0.2) is 0 Å². The van der Waals surface area contributed by atoms with Crippen LogP contribution in [0.5, 0.6) is 0 Å². The van der Waals surface area contributed by atoms with Gasteiger partial charge in [0.15, 0.2) is 0 Å². The van der Waals surface area contributed by atoms with Gasteiger partial charge in [0.25, 0.3) is 0 Å². The number of ether oxygens (including phenoxy) is 1. The van der Waals surface area contributed by atoms with Gasteiger partial charge in [0.2, 0.25) is 5.91 Å². The molecule has 6 nitrogen and oxygen atoms in total. The number of carbonyl (C=O) groups excluding carboxylic acids is 2. The van der Waals surface area contributed by atoms with Gasteiger partial charge in [-0.1, -0.05) is 12.1 Å². The first-order chi connectivity index (χ1) is 11.1. The van der Waals surface area contributed by atoms with Crippen molar-refractivity contribution in [2.45, 2.75) is 30.7 Å². The highest BCUT2D eigenvalue weighted by molar-refractivity contribution is 7.98. The van der Waals surface area contributed by atoms with Gasteiger partial charge in [0.05, 0.1) is 25.7 Å². The largest absolute Gasteiger partial charge is 0.469 e. The molecule has 0 bridgehead atoms. The van der Waals surface area contributed by atoms with Gasteiger partial charge in [-0.15, -0.1) is 12.4 Å². The Hall–Kier alpha value is -1.28. The van der Waals surface area contributed by atoms with E-state index in [9.17, 15) is 14.7 Å². The van der Waals surface area contributed by atoms with Gasteiger partial charge in [-0.2, -0.15) is 11.8 Å². The third-order valence-electron chi connectivity index (χ3n) is 3.57. The van der Waals surface area contributed by atoms with Gasteiger partial charge in [0.1, 0.15) is 0 Å². The minimum Gasteiger partial charge on any atom is -0.469 e. The zero-order chi connectivity index (χ0) is 16.7. The van der Waals surface area contributed by atoms with E-state index in [0.717, 1.165) is 17.0 Å². The van der Waals surface area contributed by atoms with E-state index in [1.807, 2.05) is 24.3 Å². The van der Waals surface area contributed by atoms with E-state index >= 15 is 0 Å². The zero-order valence-electron chi connectivity index (χ0n) is 13.5. The summed E-state index contributed by atoms with van der Waals surface area (Å²) in [5.41, 5.74) is 1.82. The van der Waals surface area contributed by atoms with Gasteiger partial charge in [0, 0.05) is 23.7 Å². The highest BCUT2D eigenvalue weighted by atomic mass is 35.5. The zero-order valence-corrected chi connectivity index (χ0v) is 15.1. The number of thioether (sulfide) groups is 1. The number of rotatable bonds is 7.